The van der Waals surface area contributed by atoms with E-state index in [1.54, 1.807) is 0 Å². The molecule has 36 heavy (non-hydrogen) atoms. The largest absolute Gasteiger partial charge is 0.468 e. The van der Waals surface area contributed by atoms with Crippen molar-refractivity contribution >= 4 is 29.3 Å². The molecule has 2 aromatic rings. The van der Waals surface area contributed by atoms with E-state index < -0.39 is 76.0 Å². The molecule has 1 aromatic heterocycles. The molecule has 194 valence electrons. The summed E-state index contributed by atoms with van der Waals surface area (Å²) in [5, 5.41) is 6.44. The minimum atomic E-state index is -5.21. The number of methoxy groups -OCH3 is 1. The van der Waals surface area contributed by atoms with Crippen molar-refractivity contribution in [2.45, 2.75) is 38.6 Å². The molecule has 2 unspecified atom stereocenters. The Bertz CT molecular complexity index is 1210. The number of benzene rings is 1. The summed E-state index contributed by atoms with van der Waals surface area (Å²) in [7, 11) is 0.912. The molecule has 3 rings (SSSR count). The number of alkyl halides is 4. The number of aromatic nitrogens is 3. The van der Waals surface area contributed by atoms with Crippen LogP contribution in [0.4, 0.5) is 22.0 Å². The number of allylic oxidation sites excluding steroid dienone is 1. The van der Waals surface area contributed by atoms with Crippen molar-refractivity contribution in [2.75, 3.05) is 13.8 Å². The van der Waals surface area contributed by atoms with Crippen LogP contribution in [0.5, 0.6) is 0 Å². The zero-order chi connectivity index (χ0) is 26.8. The predicted molar refractivity (Wildman–Crippen MR) is 116 cm³/mol. The Labute approximate surface area is 206 Å². The van der Waals surface area contributed by atoms with Crippen LogP contribution in [0.1, 0.15) is 30.9 Å². The van der Waals surface area contributed by atoms with Gasteiger partial charge in [-0.25, -0.2) is 18.3 Å². The van der Waals surface area contributed by atoms with Crippen molar-refractivity contribution in [1.29, 1.82) is 0 Å². The van der Waals surface area contributed by atoms with Crippen LogP contribution in [-0.2, 0) is 31.8 Å². The number of hydrogen-bond donors (Lipinski definition) is 0. The molecule has 1 aromatic carbocycles. The van der Waals surface area contributed by atoms with Gasteiger partial charge < -0.3 is 9.47 Å². The molecule has 1 aliphatic heterocycles. The van der Waals surface area contributed by atoms with E-state index in [1.807, 2.05) is 0 Å². The van der Waals surface area contributed by atoms with Crippen LogP contribution in [0.2, 0.25) is 5.02 Å². The molecule has 0 spiro atoms. The number of carbonyl (C=O) groups excluding carboxylic acids is 2. The first kappa shape index (κ1) is 27.2. The number of rotatable bonds is 7. The molecule has 8 nitrogen and oxygen atoms in total. The van der Waals surface area contributed by atoms with Crippen LogP contribution in [0.3, 0.4) is 0 Å². The second-order valence-electron chi connectivity index (χ2n) is 7.95. The minimum Gasteiger partial charge on any atom is -0.468 e. The van der Waals surface area contributed by atoms with Gasteiger partial charge in [0, 0.05) is 17.7 Å². The Morgan fingerprint density at radius 2 is 1.94 bits per heavy atom. The Kier molecular flexibility index (Phi) is 8.12. The molecular formula is C22H20ClF5N4O4. The summed E-state index contributed by atoms with van der Waals surface area (Å²) >= 11 is 5.84. The monoisotopic (exact) mass is 534 g/mol. The van der Waals surface area contributed by atoms with Gasteiger partial charge in [0.1, 0.15) is 18.4 Å². The van der Waals surface area contributed by atoms with E-state index in [4.69, 9.17) is 21.1 Å². The van der Waals surface area contributed by atoms with Crippen LogP contribution in [-0.4, -0.2) is 52.5 Å². The SMILES string of the molecule is COC(=O)C1C(CF)=NC(Cn2ccnn2)=C(C(=O)OC(C)C)C1c1c(F)ccc(Cl)c1C(F)(F)F. The molecule has 0 N–H and O–H groups in total. The van der Waals surface area contributed by atoms with Crippen LogP contribution < -0.4 is 0 Å². The molecule has 2 atom stereocenters. The Hall–Kier alpha value is -3.35. The van der Waals surface area contributed by atoms with Gasteiger partial charge in [-0.1, -0.05) is 16.8 Å². The number of esters is 2. The van der Waals surface area contributed by atoms with Crippen molar-refractivity contribution in [3.8, 4) is 0 Å². The molecule has 0 saturated carbocycles. The third-order valence-electron chi connectivity index (χ3n) is 5.27. The second-order valence-corrected chi connectivity index (χ2v) is 8.35. The van der Waals surface area contributed by atoms with E-state index in [9.17, 15) is 27.2 Å². The molecule has 0 amide bonds. The van der Waals surface area contributed by atoms with Gasteiger partial charge in [0.2, 0.25) is 0 Å². The fraction of sp³-hybridized carbons (Fsp3) is 0.409. The molecule has 0 saturated heterocycles. The lowest BCUT2D eigenvalue weighted by atomic mass is 9.73. The van der Waals surface area contributed by atoms with Gasteiger partial charge in [0.05, 0.1) is 53.5 Å². The molecule has 1 aliphatic rings. The third-order valence-corrected chi connectivity index (χ3v) is 5.58. The first-order chi connectivity index (χ1) is 16.9. The Balaban J connectivity index is 2.45. The molecule has 0 radical (unpaired) electrons. The van der Waals surface area contributed by atoms with Gasteiger partial charge in [-0.2, -0.15) is 13.2 Å². The first-order valence-electron chi connectivity index (χ1n) is 10.4. The van der Waals surface area contributed by atoms with Gasteiger partial charge in [0.15, 0.2) is 0 Å². The van der Waals surface area contributed by atoms with Crippen molar-refractivity contribution < 1.29 is 41.0 Å². The van der Waals surface area contributed by atoms with Crippen molar-refractivity contribution in [3.63, 3.8) is 0 Å². The van der Waals surface area contributed by atoms with E-state index in [-0.39, 0.29) is 12.2 Å². The van der Waals surface area contributed by atoms with Crippen molar-refractivity contribution in [2.24, 2.45) is 10.9 Å². The quantitative estimate of drug-likeness (QED) is 0.388. The summed E-state index contributed by atoms with van der Waals surface area (Å²) in [6.07, 6.45) is -3.33. The van der Waals surface area contributed by atoms with Gasteiger partial charge in [-0.05, 0) is 26.0 Å². The summed E-state index contributed by atoms with van der Waals surface area (Å²) in [5.74, 6) is -7.82. The average molecular weight is 535 g/mol. The highest BCUT2D eigenvalue weighted by atomic mass is 35.5. The van der Waals surface area contributed by atoms with Crippen molar-refractivity contribution in [3.05, 3.63) is 57.8 Å². The van der Waals surface area contributed by atoms with E-state index in [2.05, 4.69) is 15.3 Å². The number of ether oxygens (including phenoxy) is 2. The van der Waals surface area contributed by atoms with Gasteiger partial charge in [-0.15, -0.1) is 5.10 Å². The zero-order valence-electron chi connectivity index (χ0n) is 19.1. The summed E-state index contributed by atoms with van der Waals surface area (Å²) in [4.78, 5) is 30.1. The maximum atomic E-state index is 15.3. The summed E-state index contributed by atoms with van der Waals surface area (Å²) in [6, 6.07) is 1.35. The standard InChI is InChI=1S/C22H20ClF5N4O4/c1-10(2)36-21(34)17-14(9-32-7-6-29-31-32)30-13(8-24)16(20(33)35-3)18(17)15-12(25)5-4-11(23)19(15)22(26,27)28/h4-7,10,16,18H,8-9H2,1-3H3. The highest BCUT2D eigenvalue weighted by Gasteiger charge is 2.50. The molecule has 14 heteroatoms. The molecule has 2 heterocycles. The third kappa shape index (κ3) is 5.40. The molecule has 0 aliphatic carbocycles. The highest BCUT2D eigenvalue weighted by Crippen LogP contribution is 2.48. The predicted octanol–water partition coefficient (Wildman–Crippen LogP) is 4.29. The fourth-order valence-electron chi connectivity index (χ4n) is 3.94. The van der Waals surface area contributed by atoms with E-state index in [0.29, 0.717) is 12.1 Å². The van der Waals surface area contributed by atoms with Crippen LogP contribution in [0, 0.1) is 11.7 Å². The van der Waals surface area contributed by atoms with E-state index >= 15 is 4.39 Å². The lowest BCUT2D eigenvalue weighted by Crippen LogP contribution is -2.40. The number of nitrogens with zero attached hydrogens (tertiary/aromatic N) is 4. The highest BCUT2D eigenvalue weighted by molar-refractivity contribution is 6.31. The molecular weight excluding hydrogens is 515 g/mol. The van der Waals surface area contributed by atoms with Crippen LogP contribution in [0.15, 0.2) is 40.8 Å². The van der Waals surface area contributed by atoms with Crippen LogP contribution in [0.25, 0.3) is 0 Å². The minimum absolute atomic E-state index is 0.295. The molecule has 0 bridgehead atoms. The summed E-state index contributed by atoms with van der Waals surface area (Å²) in [6.45, 7) is 1.16. The Morgan fingerprint density at radius 3 is 2.47 bits per heavy atom. The smallest absolute Gasteiger partial charge is 0.418 e. The van der Waals surface area contributed by atoms with Gasteiger partial charge in [-0.3, -0.25) is 9.79 Å². The molecule has 0 fully saturated rings. The maximum Gasteiger partial charge on any atom is 0.418 e. The second kappa shape index (κ2) is 10.7. The Morgan fingerprint density at radius 1 is 1.25 bits per heavy atom. The number of hydrogen-bond acceptors (Lipinski definition) is 7. The van der Waals surface area contributed by atoms with Crippen LogP contribution >= 0.6 is 11.6 Å². The summed E-state index contributed by atoms with van der Waals surface area (Å²) < 4.78 is 83.0. The average Bonchev–Trinajstić information content (AvgIpc) is 3.30. The maximum absolute atomic E-state index is 15.3. The van der Waals surface area contributed by atoms with Gasteiger partial charge in [0.25, 0.3) is 0 Å². The summed E-state index contributed by atoms with van der Waals surface area (Å²) in [5.41, 5.74) is -4.23. The van der Waals surface area contributed by atoms with Crippen molar-refractivity contribution in [1.82, 2.24) is 15.0 Å². The lowest BCUT2D eigenvalue weighted by molar-refractivity contribution is -0.146. The number of carbonyl (C=O) groups is 2. The normalized spacial score (nSPS) is 18.3. The zero-order valence-corrected chi connectivity index (χ0v) is 19.9. The number of aliphatic imine (C=N–C) groups is 1. The number of halogens is 6. The van der Waals surface area contributed by atoms with Gasteiger partial charge >= 0.3 is 18.1 Å². The van der Waals surface area contributed by atoms with E-state index in [1.165, 1.54) is 26.2 Å². The topological polar surface area (TPSA) is 95.7 Å². The fourth-order valence-corrected chi connectivity index (χ4v) is 4.21. The first-order valence-corrected chi connectivity index (χ1v) is 10.8. The lowest BCUT2D eigenvalue weighted by Gasteiger charge is -2.34. The van der Waals surface area contributed by atoms with E-state index in [0.717, 1.165) is 11.8 Å².